The smallest absolute Gasteiger partial charge is 0.406 e. The molecular weight excluding hydrogens is 601 g/mol. The Labute approximate surface area is 252 Å². The van der Waals surface area contributed by atoms with Gasteiger partial charge in [-0.3, -0.25) is 0 Å². The second-order valence-electron chi connectivity index (χ2n) is 10.3. The Kier molecular flexibility index (Phi) is 8.90. The van der Waals surface area contributed by atoms with Crippen molar-refractivity contribution in [3.63, 3.8) is 0 Å². The number of hydrogen-bond donors (Lipinski definition) is 1. The van der Waals surface area contributed by atoms with Gasteiger partial charge in [-0.15, -0.1) is 13.2 Å². The van der Waals surface area contributed by atoms with Crippen molar-refractivity contribution in [1.29, 1.82) is 0 Å². The van der Waals surface area contributed by atoms with Crippen LogP contribution in [0.15, 0.2) is 90.3 Å². The fourth-order valence-electron chi connectivity index (χ4n) is 4.74. The normalized spacial score (nSPS) is 14.0. The lowest BCUT2D eigenvalue weighted by Crippen LogP contribution is -2.39. The van der Waals surface area contributed by atoms with E-state index in [0.717, 1.165) is 39.2 Å². The number of tetrazole rings is 1. The van der Waals surface area contributed by atoms with Gasteiger partial charge >= 0.3 is 12.1 Å². The first-order valence-electron chi connectivity index (χ1n) is 13.6. The van der Waals surface area contributed by atoms with Gasteiger partial charge in [-0.2, -0.15) is 14.5 Å². The van der Waals surface area contributed by atoms with Crippen LogP contribution in [0.4, 0.5) is 22.0 Å². The van der Waals surface area contributed by atoms with Crippen LogP contribution in [0.3, 0.4) is 0 Å². The highest BCUT2D eigenvalue weighted by Gasteiger charge is 2.38. The largest absolute Gasteiger partial charge is 0.573 e. The van der Waals surface area contributed by atoms with Gasteiger partial charge in [-0.1, -0.05) is 49.4 Å². The molecule has 0 amide bonds. The first kappa shape index (κ1) is 31.3. The van der Waals surface area contributed by atoms with Crippen LogP contribution in [0, 0.1) is 17.6 Å². The maximum Gasteiger partial charge on any atom is 0.573 e. The summed E-state index contributed by atoms with van der Waals surface area (Å²) in [6.45, 7) is 1.62. The Balaban J connectivity index is 1.25. The number of halogens is 5. The van der Waals surface area contributed by atoms with Crippen molar-refractivity contribution in [2.75, 3.05) is 0 Å². The standard InChI is InChI=1S/C30H26F5N7O3/c1-20(29(44,17-40-19-36-18-37-40)26-14-9-23(31)15-27(26)32)3-2-4-21-5-10-24(11-6-21)42-28(43)41(38-39-42)16-22-7-12-25(13-8-22)45-30(33,34)35/h2,4-15,18-20,44H,3,16-17H2,1H3/b4-2+/t20-,29+/m0/s1. The highest BCUT2D eigenvalue weighted by molar-refractivity contribution is 5.51. The zero-order valence-electron chi connectivity index (χ0n) is 23.6. The molecule has 0 bridgehead atoms. The topological polar surface area (TPSA) is 113 Å². The Bertz CT molecular complexity index is 1820. The number of benzene rings is 3. The molecule has 0 aliphatic rings. The van der Waals surface area contributed by atoms with Crippen LogP contribution in [0.25, 0.3) is 11.8 Å². The van der Waals surface area contributed by atoms with Crippen LogP contribution in [0.2, 0.25) is 0 Å². The lowest BCUT2D eigenvalue weighted by atomic mass is 9.80. The molecule has 0 unspecified atom stereocenters. The highest BCUT2D eigenvalue weighted by Crippen LogP contribution is 2.36. The van der Waals surface area contributed by atoms with Gasteiger partial charge < -0.3 is 9.84 Å². The summed E-state index contributed by atoms with van der Waals surface area (Å²) in [7, 11) is 0. The summed E-state index contributed by atoms with van der Waals surface area (Å²) in [5.41, 5.74) is -0.632. The van der Waals surface area contributed by atoms with Gasteiger partial charge in [0.05, 0.1) is 18.8 Å². The molecule has 2 aromatic heterocycles. The van der Waals surface area contributed by atoms with Gasteiger partial charge in [0.2, 0.25) is 0 Å². The van der Waals surface area contributed by atoms with E-state index in [0.29, 0.717) is 17.7 Å². The van der Waals surface area contributed by atoms with E-state index in [1.54, 1.807) is 43.3 Å². The third-order valence-electron chi connectivity index (χ3n) is 7.15. The molecule has 234 valence electrons. The monoisotopic (exact) mass is 627 g/mol. The Morgan fingerprint density at radius 1 is 1.00 bits per heavy atom. The molecule has 10 nitrogen and oxygen atoms in total. The number of rotatable bonds is 11. The van der Waals surface area contributed by atoms with E-state index in [4.69, 9.17) is 0 Å². The van der Waals surface area contributed by atoms with E-state index in [1.165, 1.54) is 35.5 Å². The summed E-state index contributed by atoms with van der Waals surface area (Å²) < 4.78 is 72.9. The van der Waals surface area contributed by atoms with Crippen LogP contribution in [-0.4, -0.2) is 46.0 Å². The maximum atomic E-state index is 14.8. The van der Waals surface area contributed by atoms with Crippen molar-refractivity contribution in [2.24, 2.45) is 5.92 Å². The van der Waals surface area contributed by atoms with Crippen molar-refractivity contribution >= 4 is 6.08 Å². The van der Waals surface area contributed by atoms with Gasteiger partial charge in [0.1, 0.15) is 35.6 Å². The summed E-state index contributed by atoms with van der Waals surface area (Å²) in [5, 5.41) is 23.4. The first-order chi connectivity index (χ1) is 21.4. The molecule has 0 saturated carbocycles. The second-order valence-corrected chi connectivity index (χ2v) is 10.3. The molecule has 15 heteroatoms. The third-order valence-corrected chi connectivity index (χ3v) is 7.15. The van der Waals surface area contributed by atoms with Crippen LogP contribution < -0.4 is 10.4 Å². The zero-order chi connectivity index (χ0) is 32.2. The number of allylic oxidation sites excluding steroid dienone is 1. The average Bonchev–Trinajstić information content (AvgIpc) is 3.63. The van der Waals surface area contributed by atoms with E-state index in [9.17, 15) is 31.9 Å². The number of aromatic nitrogens is 7. The van der Waals surface area contributed by atoms with Gasteiger partial charge in [0.15, 0.2) is 0 Å². The number of nitrogens with zero attached hydrogens (tertiary/aromatic N) is 7. The Morgan fingerprint density at radius 2 is 1.73 bits per heavy atom. The van der Waals surface area contributed by atoms with E-state index in [2.05, 4.69) is 25.2 Å². The zero-order valence-corrected chi connectivity index (χ0v) is 23.6. The summed E-state index contributed by atoms with van der Waals surface area (Å²) in [6.07, 6.45) is 1.81. The van der Waals surface area contributed by atoms with Crippen molar-refractivity contribution in [2.45, 2.75) is 38.4 Å². The van der Waals surface area contributed by atoms with Crippen molar-refractivity contribution in [3.8, 4) is 11.4 Å². The molecular formula is C30H26F5N7O3. The SMILES string of the molecule is C[C@@H](C/C=C/c1ccc(-n2nnn(Cc3ccc(OC(F)(F)F)cc3)c2=O)cc1)[C@](O)(Cn1cncn1)c1ccc(F)cc1F. The summed E-state index contributed by atoms with van der Waals surface area (Å²) in [6, 6.07) is 14.9. The van der Waals surface area contributed by atoms with Crippen molar-refractivity contribution < 1.29 is 31.8 Å². The first-order valence-corrected chi connectivity index (χ1v) is 13.6. The molecule has 0 aliphatic heterocycles. The molecule has 5 rings (SSSR count). The molecule has 0 spiro atoms. The van der Waals surface area contributed by atoms with E-state index < -0.39 is 35.2 Å². The minimum absolute atomic E-state index is 0.0186. The molecule has 0 fully saturated rings. The third kappa shape index (κ3) is 7.49. The maximum absolute atomic E-state index is 14.8. The predicted octanol–water partition coefficient (Wildman–Crippen LogP) is 4.87. The molecule has 45 heavy (non-hydrogen) atoms. The number of hydrogen-bond acceptors (Lipinski definition) is 7. The Morgan fingerprint density at radius 3 is 2.38 bits per heavy atom. The molecule has 0 saturated heterocycles. The molecule has 1 N–H and O–H groups in total. The van der Waals surface area contributed by atoms with E-state index in [-0.39, 0.29) is 24.4 Å². The van der Waals surface area contributed by atoms with Crippen molar-refractivity contribution in [3.05, 3.63) is 124 Å². The number of ether oxygens (including phenoxy) is 1. The number of alkyl halides is 3. The predicted molar refractivity (Wildman–Crippen MR) is 151 cm³/mol. The molecule has 2 atom stereocenters. The summed E-state index contributed by atoms with van der Waals surface area (Å²) in [5.74, 6) is -2.53. The minimum Gasteiger partial charge on any atom is -0.406 e. The van der Waals surface area contributed by atoms with Crippen molar-refractivity contribution in [1.82, 2.24) is 34.6 Å². The fourth-order valence-corrected chi connectivity index (χ4v) is 4.74. The number of aliphatic hydroxyl groups is 1. The lowest BCUT2D eigenvalue weighted by Gasteiger charge is -2.34. The van der Waals surface area contributed by atoms with Gasteiger partial charge in [0.25, 0.3) is 0 Å². The summed E-state index contributed by atoms with van der Waals surface area (Å²) in [4.78, 5) is 16.7. The lowest BCUT2D eigenvalue weighted by molar-refractivity contribution is -0.274. The molecule has 3 aromatic carbocycles. The van der Waals surface area contributed by atoms with E-state index >= 15 is 0 Å². The molecule has 2 heterocycles. The van der Waals surface area contributed by atoms with Gasteiger partial charge in [0, 0.05) is 11.6 Å². The highest BCUT2D eigenvalue weighted by atomic mass is 19.4. The van der Waals surface area contributed by atoms with Crippen LogP contribution >= 0.6 is 0 Å². The quantitative estimate of drug-likeness (QED) is 0.208. The van der Waals surface area contributed by atoms with Crippen LogP contribution in [-0.2, 0) is 18.7 Å². The van der Waals surface area contributed by atoms with Crippen LogP contribution in [0.1, 0.15) is 30.0 Å². The van der Waals surface area contributed by atoms with Crippen LogP contribution in [0.5, 0.6) is 5.75 Å². The average molecular weight is 628 g/mol. The minimum atomic E-state index is -4.80. The van der Waals surface area contributed by atoms with Gasteiger partial charge in [-0.05, 0) is 64.2 Å². The molecule has 0 aliphatic carbocycles. The molecule has 0 radical (unpaired) electrons. The summed E-state index contributed by atoms with van der Waals surface area (Å²) >= 11 is 0. The van der Waals surface area contributed by atoms with E-state index in [1.807, 2.05) is 0 Å². The fraction of sp³-hybridized carbons (Fsp3) is 0.233. The van der Waals surface area contributed by atoms with Gasteiger partial charge in [-0.25, -0.2) is 23.2 Å². The molecule has 5 aromatic rings. The second kappa shape index (κ2) is 12.8. The Hall–Kier alpha value is -5.18.